The molecule has 0 atom stereocenters. The van der Waals surface area contributed by atoms with Crippen molar-refractivity contribution < 1.29 is 0 Å². The van der Waals surface area contributed by atoms with Crippen molar-refractivity contribution in [2.75, 3.05) is 5.73 Å². The van der Waals surface area contributed by atoms with E-state index in [1.165, 1.54) is 5.56 Å². The first-order valence-electron chi connectivity index (χ1n) is 6.55. The molecule has 104 valence electrons. The number of anilines is 1. The van der Waals surface area contributed by atoms with Crippen LogP contribution in [0.2, 0.25) is 0 Å². The molecule has 6 heteroatoms. The lowest BCUT2D eigenvalue weighted by Gasteiger charge is -2.06. The molecule has 3 aromatic heterocycles. The molecule has 20 heavy (non-hydrogen) atoms. The van der Waals surface area contributed by atoms with Crippen LogP contribution >= 0.6 is 0 Å². The van der Waals surface area contributed by atoms with E-state index in [0.717, 1.165) is 28.1 Å². The monoisotopic (exact) mass is 270 g/mol. The average molecular weight is 270 g/mol. The van der Waals surface area contributed by atoms with E-state index >= 15 is 0 Å². The van der Waals surface area contributed by atoms with Gasteiger partial charge in [0.05, 0.1) is 12.2 Å². The van der Waals surface area contributed by atoms with Crippen molar-refractivity contribution in [2.24, 2.45) is 7.05 Å². The molecule has 0 radical (unpaired) electrons. The van der Waals surface area contributed by atoms with Gasteiger partial charge in [0.1, 0.15) is 5.52 Å². The Bertz CT molecular complexity index is 796. The molecular weight excluding hydrogens is 252 g/mol. The van der Waals surface area contributed by atoms with Gasteiger partial charge in [-0.25, -0.2) is 9.97 Å². The fourth-order valence-corrected chi connectivity index (χ4v) is 2.49. The molecule has 0 aliphatic carbocycles. The van der Waals surface area contributed by atoms with Gasteiger partial charge in [-0.1, -0.05) is 0 Å². The van der Waals surface area contributed by atoms with Crippen LogP contribution in [-0.2, 0) is 13.6 Å². The summed E-state index contributed by atoms with van der Waals surface area (Å²) in [5, 5.41) is 4.44. The second-order valence-corrected chi connectivity index (χ2v) is 5.18. The molecule has 0 aliphatic heterocycles. The summed E-state index contributed by atoms with van der Waals surface area (Å²) >= 11 is 0. The highest BCUT2D eigenvalue weighted by molar-refractivity contribution is 5.74. The van der Waals surface area contributed by atoms with Crippen LogP contribution in [0.5, 0.6) is 0 Å². The molecule has 0 spiro atoms. The van der Waals surface area contributed by atoms with Crippen molar-refractivity contribution in [3.05, 3.63) is 34.8 Å². The number of aromatic nitrogens is 5. The quantitative estimate of drug-likeness (QED) is 0.769. The van der Waals surface area contributed by atoms with Gasteiger partial charge < -0.3 is 5.73 Å². The van der Waals surface area contributed by atoms with Crippen LogP contribution in [0.25, 0.3) is 11.2 Å². The summed E-state index contributed by atoms with van der Waals surface area (Å²) in [6.07, 6.45) is 1.84. The first-order chi connectivity index (χ1) is 9.47. The Kier molecular flexibility index (Phi) is 2.74. The van der Waals surface area contributed by atoms with Gasteiger partial charge in [0.25, 0.3) is 0 Å². The standard InChI is InChI=1S/C14H18N6/c1-8-5-12-13(16-6-8)20(14(15)17-12)7-11-9(2)18-19(4)10(11)3/h5-6H,7H2,1-4H3,(H2,15,17). The summed E-state index contributed by atoms with van der Waals surface area (Å²) in [6, 6.07) is 2.00. The predicted octanol–water partition coefficient (Wildman–Crippen LogP) is 1.72. The highest BCUT2D eigenvalue weighted by atomic mass is 15.3. The molecule has 3 heterocycles. The fraction of sp³-hybridized carbons (Fsp3) is 0.357. The molecule has 0 fully saturated rings. The first-order valence-corrected chi connectivity index (χ1v) is 6.55. The van der Waals surface area contributed by atoms with Gasteiger partial charge in [0.2, 0.25) is 5.95 Å². The summed E-state index contributed by atoms with van der Waals surface area (Å²) < 4.78 is 3.82. The van der Waals surface area contributed by atoms with Gasteiger partial charge in [-0.15, -0.1) is 0 Å². The number of aryl methyl sites for hydroxylation is 3. The number of fused-ring (bicyclic) bond motifs is 1. The van der Waals surface area contributed by atoms with Crippen LogP contribution in [-0.4, -0.2) is 24.3 Å². The van der Waals surface area contributed by atoms with Gasteiger partial charge in [0, 0.05) is 24.5 Å². The Morgan fingerprint density at radius 1 is 1.25 bits per heavy atom. The van der Waals surface area contributed by atoms with Crippen molar-refractivity contribution >= 4 is 17.1 Å². The van der Waals surface area contributed by atoms with Gasteiger partial charge in [-0.3, -0.25) is 9.25 Å². The summed E-state index contributed by atoms with van der Waals surface area (Å²) in [5.74, 6) is 0.487. The van der Waals surface area contributed by atoms with Crippen molar-refractivity contribution in [1.29, 1.82) is 0 Å². The van der Waals surface area contributed by atoms with Gasteiger partial charge in [-0.05, 0) is 32.4 Å². The smallest absolute Gasteiger partial charge is 0.202 e. The summed E-state index contributed by atoms with van der Waals surface area (Å²) in [4.78, 5) is 8.84. The summed E-state index contributed by atoms with van der Waals surface area (Å²) in [7, 11) is 1.95. The van der Waals surface area contributed by atoms with E-state index < -0.39 is 0 Å². The molecule has 2 N–H and O–H groups in total. The van der Waals surface area contributed by atoms with Gasteiger partial charge in [0.15, 0.2) is 5.65 Å². The minimum Gasteiger partial charge on any atom is -0.369 e. The van der Waals surface area contributed by atoms with E-state index in [1.54, 1.807) is 0 Å². The molecule has 3 rings (SSSR count). The molecule has 0 aliphatic rings. The van der Waals surface area contributed by atoms with Crippen molar-refractivity contribution in [3.63, 3.8) is 0 Å². The zero-order chi connectivity index (χ0) is 14.4. The zero-order valence-electron chi connectivity index (χ0n) is 12.2. The zero-order valence-corrected chi connectivity index (χ0v) is 12.2. The third kappa shape index (κ3) is 1.84. The number of imidazole rings is 1. The van der Waals surface area contributed by atoms with Crippen LogP contribution in [0.3, 0.4) is 0 Å². The predicted molar refractivity (Wildman–Crippen MR) is 78.5 cm³/mol. The van der Waals surface area contributed by atoms with E-state index in [2.05, 4.69) is 22.0 Å². The number of nitrogens with two attached hydrogens (primary N) is 1. The molecule has 0 saturated heterocycles. The molecule has 0 bridgehead atoms. The number of nitrogens with zero attached hydrogens (tertiary/aromatic N) is 5. The molecular formula is C14H18N6. The van der Waals surface area contributed by atoms with E-state index in [-0.39, 0.29) is 0 Å². The topological polar surface area (TPSA) is 74.6 Å². The van der Waals surface area contributed by atoms with Crippen molar-refractivity contribution in [2.45, 2.75) is 27.3 Å². The fourth-order valence-electron chi connectivity index (χ4n) is 2.49. The minimum atomic E-state index is 0.487. The van der Waals surface area contributed by atoms with Crippen LogP contribution in [0.4, 0.5) is 5.95 Å². The van der Waals surface area contributed by atoms with Crippen LogP contribution < -0.4 is 5.73 Å². The maximum atomic E-state index is 6.04. The molecule has 0 unspecified atom stereocenters. The molecule has 0 saturated carbocycles. The molecule has 0 amide bonds. The number of pyridine rings is 1. The lowest BCUT2D eigenvalue weighted by molar-refractivity contribution is 0.728. The normalized spacial score (nSPS) is 11.4. The highest BCUT2D eigenvalue weighted by Gasteiger charge is 2.15. The van der Waals surface area contributed by atoms with Crippen molar-refractivity contribution in [1.82, 2.24) is 24.3 Å². The lowest BCUT2D eigenvalue weighted by Crippen LogP contribution is -2.07. The SMILES string of the molecule is Cc1cnc2c(c1)nc(N)n2Cc1c(C)nn(C)c1C. The minimum absolute atomic E-state index is 0.487. The van der Waals surface area contributed by atoms with E-state index in [0.29, 0.717) is 12.5 Å². The van der Waals surface area contributed by atoms with Crippen LogP contribution in [0, 0.1) is 20.8 Å². The molecule has 0 aromatic carbocycles. The van der Waals surface area contributed by atoms with Crippen molar-refractivity contribution in [3.8, 4) is 0 Å². The molecule has 6 nitrogen and oxygen atoms in total. The Balaban J connectivity index is 2.13. The second kappa shape index (κ2) is 4.33. The Hall–Kier alpha value is -2.37. The largest absolute Gasteiger partial charge is 0.369 e. The van der Waals surface area contributed by atoms with Crippen LogP contribution in [0.15, 0.2) is 12.3 Å². The van der Waals surface area contributed by atoms with Gasteiger partial charge >= 0.3 is 0 Å². The highest BCUT2D eigenvalue weighted by Crippen LogP contribution is 2.21. The summed E-state index contributed by atoms with van der Waals surface area (Å²) in [6.45, 7) is 6.71. The Morgan fingerprint density at radius 3 is 2.65 bits per heavy atom. The summed E-state index contributed by atoms with van der Waals surface area (Å²) in [5.41, 5.74) is 12.1. The Morgan fingerprint density at radius 2 is 2.00 bits per heavy atom. The third-order valence-corrected chi connectivity index (χ3v) is 3.73. The van der Waals surface area contributed by atoms with E-state index in [4.69, 9.17) is 5.73 Å². The molecule has 3 aromatic rings. The Labute approximate surface area is 117 Å². The van der Waals surface area contributed by atoms with Crippen LogP contribution in [0.1, 0.15) is 22.5 Å². The first kappa shape index (κ1) is 12.7. The van der Waals surface area contributed by atoms with E-state index in [9.17, 15) is 0 Å². The number of hydrogen-bond donors (Lipinski definition) is 1. The number of hydrogen-bond acceptors (Lipinski definition) is 4. The lowest BCUT2D eigenvalue weighted by atomic mass is 10.2. The average Bonchev–Trinajstić information content (AvgIpc) is 2.81. The third-order valence-electron chi connectivity index (χ3n) is 3.73. The maximum Gasteiger partial charge on any atom is 0.202 e. The number of nitrogen functional groups attached to an aromatic ring is 1. The van der Waals surface area contributed by atoms with E-state index in [1.807, 2.05) is 42.4 Å². The van der Waals surface area contributed by atoms with Gasteiger partial charge in [-0.2, -0.15) is 5.10 Å². The maximum absolute atomic E-state index is 6.04. The number of rotatable bonds is 2. The second-order valence-electron chi connectivity index (χ2n) is 5.18.